The van der Waals surface area contributed by atoms with Crippen LogP contribution in [-0.2, 0) is 4.79 Å². The highest BCUT2D eigenvalue weighted by Gasteiger charge is 2.23. The minimum absolute atomic E-state index is 0.0108. The van der Waals surface area contributed by atoms with Crippen molar-refractivity contribution in [3.05, 3.63) is 40.8 Å². The first-order valence-electron chi connectivity index (χ1n) is 7.43. The van der Waals surface area contributed by atoms with Crippen LogP contribution in [0.15, 0.2) is 35.3 Å². The summed E-state index contributed by atoms with van der Waals surface area (Å²) < 4.78 is 5.98. The van der Waals surface area contributed by atoms with E-state index in [9.17, 15) is 9.59 Å². The molecule has 6 heteroatoms. The van der Waals surface area contributed by atoms with Crippen LogP contribution in [0.25, 0.3) is 10.8 Å². The minimum atomic E-state index is -0.0994. The van der Waals surface area contributed by atoms with Crippen LogP contribution in [0.2, 0.25) is 0 Å². The molecule has 0 atom stereocenters. The molecule has 0 spiro atoms. The number of H-pyrrole nitrogens is 1. The van der Waals surface area contributed by atoms with Crippen molar-refractivity contribution < 1.29 is 9.53 Å². The fourth-order valence-electron chi connectivity index (χ4n) is 2.79. The van der Waals surface area contributed by atoms with Gasteiger partial charge in [0.1, 0.15) is 11.9 Å². The second-order valence-corrected chi connectivity index (χ2v) is 5.46. The van der Waals surface area contributed by atoms with Crippen molar-refractivity contribution in [3.8, 4) is 5.75 Å². The fourth-order valence-corrected chi connectivity index (χ4v) is 2.79. The highest BCUT2D eigenvalue weighted by atomic mass is 16.5. The molecule has 2 heterocycles. The van der Waals surface area contributed by atoms with Crippen LogP contribution in [-0.4, -0.2) is 41.5 Å². The Hall–Kier alpha value is -2.34. The Balaban J connectivity index is 1.67. The van der Waals surface area contributed by atoms with Crippen molar-refractivity contribution in [1.82, 2.24) is 9.88 Å². The maximum Gasteiger partial charge on any atom is 0.255 e. The number of fused-ring (bicyclic) bond motifs is 1. The summed E-state index contributed by atoms with van der Waals surface area (Å²) in [5.41, 5.74) is 5.28. The lowest BCUT2D eigenvalue weighted by molar-refractivity contribution is -0.131. The first-order chi connectivity index (χ1) is 10.7. The van der Waals surface area contributed by atoms with Gasteiger partial charge in [0.25, 0.3) is 5.56 Å². The monoisotopic (exact) mass is 301 g/mol. The van der Waals surface area contributed by atoms with Gasteiger partial charge in [-0.3, -0.25) is 9.59 Å². The van der Waals surface area contributed by atoms with Crippen LogP contribution in [0.5, 0.6) is 5.75 Å². The standard InChI is InChI=1S/C16H19N3O3/c17-10-15(20)19-7-4-12(5-8-19)22-13-1-2-14-11(9-13)3-6-18-16(14)21/h1-3,6,9,12H,4-5,7-8,10,17H2,(H,18,21). The molecule has 3 N–H and O–H groups in total. The number of nitrogens with two attached hydrogens (primary N) is 1. The number of rotatable bonds is 3. The van der Waals surface area contributed by atoms with Gasteiger partial charge in [-0.25, -0.2) is 0 Å². The second-order valence-electron chi connectivity index (χ2n) is 5.46. The summed E-state index contributed by atoms with van der Waals surface area (Å²) in [4.78, 5) is 27.6. The number of ether oxygens (including phenoxy) is 1. The Labute approximate surface area is 127 Å². The lowest BCUT2D eigenvalue weighted by Gasteiger charge is -2.32. The summed E-state index contributed by atoms with van der Waals surface area (Å²) in [7, 11) is 0. The van der Waals surface area contributed by atoms with Crippen LogP contribution < -0.4 is 16.0 Å². The summed E-state index contributed by atoms with van der Waals surface area (Å²) >= 11 is 0. The Kier molecular flexibility index (Phi) is 4.11. The van der Waals surface area contributed by atoms with Gasteiger partial charge in [-0.2, -0.15) is 0 Å². The Morgan fingerprint density at radius 2 is 2.09 bits per heavy atom. The van der Waals surface area contributed by atoms with E-state index in [0.29, 0.717) is 18.5 Å². The molecule has 1 aliphatic heterocycles. The molecular formula is C16H19N3O3. The Bertz CT molecular complexity index is 733. The number of aromatic nitrogens is 1. The second kappa shape index (κ2) is 6.19. The largest absolute Gasteiger partial charge is 0.490 e. The molecule has 0 radical (unpaired) electrons. The van der Waals surface area contributed by atoms with E-state index in [4.69, 9.17) is 10.5 Å². The quantitative estimate of drug-likeness (QED) is 0.880. The first kappa shape index (κ1) is 14.6. The first-order valence-corrected chi connectivity index (χ1v) is 7.43. The zero-order valence-electron chi connectivity index (χ0n) is 12.2. The third kappa shape index (κ3) is 2.96. The van der Waals surface area contributed by atoms with Gasteiger partial charge in [-0.05, 0) is 29.7 Å². The van der Waals surface area contributed by atoms with Gasteiger partial charge in [0.05, 0.1) is 6.54 Å². The highest BCUT2D eigenvalue weighted by molar-refractivity contribution is 5.82. The topological polar surface area (TPSA) is 88.4 Å². The average molecular weight is 301 g/mol. The number of benzene rings is 1. The van der Waals surface area contributed by atoms with Crippen molar-refractivity contribution in [2.45, 2.75) is 18.9 Å². The van der Waals surface area contributed by atoms with Gasteiger partial charge in [0.2, 0.25) is 5.91 Å². The molecule has 0 saturated carbocycles. The molecule has 116 valence electrons. The van der Waals surface area contributed by atoms with E-state index in [-0.39, 0.29) is 24.1 Å². The van der Waals surface area contributed by atoms with Crippen molar-refractivity contribution in [2.24, 2.45) is 5.73 Å². The number of carbonyl (C=O) groups excluding carboxylic acids is 1. The molecular weight excluding hydrogens is 282 g/mol. The molecule has 1 aromatic heterocycles. The number of amides is 1. The zero-order chi connectivity index (χ0) is 15.5. The van der Waals surface area contributed by atoms with Gasteiger partial charge in [-0.1, -0.05) is 0 Å². The van der Waals surface area contributed by atoms with E-state index in [1.165, 1.54) is 0 Å². The van der Waals surface area contributed by atoms with E-state index in [0.717, 1.165) is 24.0 Å². The van der Waals surface area contributed by atoms with Crippen LogP contribution in [0.4, 0.5) is 0 Å². The lowest BCUT2D eigenvalue weighted by atomic mass is 10.1. The van der Waals surface area contributed by atoms with E-state index >= 15 is 0 Å². The third-order valence-corrected chi connectivity index (χ3v) is 4.02. The van der Waals surface area contributed by atoms with Gasteiger partial charge < -0.3 is 20.4 Å². The SMILES string of the molecule is NCC(=O)N1CCC(Oc2ccc3c(=O)[nH]ccc3c2)CC1. The van der Waals surface area contributed by atoms with Crippen molar-refractivity contribution in [2.75, 3.05) is 19.6 Å². The number of hydrogen-bond donors (Lipinski definition) is 2. The van der Waals surface area contributed by atoms with Gasteiger partial charge in [-0.15, -0.1) is 0 Å². The molecule has 0 bridgehead atoms. The predicted molar refractivity (Wildman–Crippen MR) is 83.9 cm³/mol. The molecule has 0 aliphatic carbocycles. The normalized spacial score (nSPS) is 16.0. The third-order valence-electron chi connectivity index (χ3n) is 4.02. The van der Waals surface area contributed by atoms with Crippen LogP contribution >= 0.6 is 0 Å². The smallest absolute Gasteiger partial charge is 0.255 e. The summed E-state index contributed by atoms with van der Waals surface area (Å²) in [5, 5.41) is 1.51. The van der Waals surface area contributed by atoms with E-state index in [1.807, 2.05) is 18.2 Å². The molecule has 3 rings (SSSR count). The number of nitrogens with zero attached hydrogens (tertiary/aromatic N) is 1. The van der Waals surface area contributed by atoms with Crippen molar-refractivity contribution >= 4 is 16.7 Å². The summed E-state index contributed by atoms with van der Waals surface area (Å²) in [6, 6.07) is 7.32. The van der Waals surface area contributed by atoms with Gasteiger partial charge >= 0.3 is 0 Å². The predicted octanol–water partition coefficient (Wildman–Crippen LogP) is 0.857. The minimum Gasteiger partial charge on any atom is -0.490 e. The van der Waals surface area contributed by atoms with Crippen LogP contribution in [0, 0.1) is 0 Å². The van der Waals surface area contributed by atoms with Crippen LogP contribution in [0.1, 0.15) is 12.8 Å². The number of carbonyl (C=O) groups is 1. The Morgan fingerprint density at radius 3 is 2.82 bits per heavy atom. The summed E-state index contributed by atoms with van der Waals surface area (Å²) in [5.74, 6) is 0.741. The summed E-state index contributed by atoms with van der Waals surface area (Å²) in [6.45, 7) is 1.41. The number of piperidine rings is 1. The molecule has 6 nitrogen and oxygen atoms in total. The molecule has 1 aliphatic rings. The number of hydrogen-bond acceptors (Lipinski definition) is 4. The molecule has 1 saturated heterocycles. The number of aromatic amines is 1. The number of likely N-dealkylation sites (tertiary alicyclic amines) is 1. The van der Waals surface area contributed by atoms with E-state index < -0.39 is 0 Å². The molecule has 1 fully saturated rings. The molecule has 0 unspecified atom stereocenters. The Morgan fingerprint density at radius 1 is 1.32 bits per heavy atom. The molecule has 1 amide bonds. The average Bonchev–Trinajstić information content (AvgIpc) is 2.55. The van der Waals surface area contributed by atoms with Crippen LogP contribution in [0.3, 0.4) is 0 Å². The van der Waals surface area contributed by atoms with Crippen molar-refractivity contribution in [3.63, 3.8) is 0 Å². The molecule has 1 aromatic carbocycles. The maximum atomic E-state index is 11.7. The fraction of sp³-hybridized carbons (Fsp3) is 0.375. The maximum absolute atomic E-state index is 11.7. The molecule has 22 heavy (non-hydrogen) atoms. The highest BCUT2D eigenvalue weighted by Crippen LogP contribution is 2.22. The van der Waals surface area contributed by atoms with E-state index in [1.54, 1.807) is 17.2 Å². The number of pyridine rings is 1. The molecule has 2 aromatic rings. The summed E-state index contributed by atoms with van der Waals surface area (Å²) in [6.07, 6.45) is 3.30. The zero-order valence-corrected chi connectivity index (χ0v) is 12.2. The van der Waals surface area contributed by atoms with Crippen molar-refractivity contribution in [1.29, 1.82) is 0 Å². The van der Waals surface area contributed by atoms with Gasteiger partial charge in [0.15, 0.2) is 0 Å². The van der Waals surface area contributed by atoms with Gasteiger partial charge in [0, 0.05) is 37.5 Å². The van der Waals surface area contributed by atoms with E-state index in [2.05, 4.69) is 4.98 Å². The lowest BCUT2D eigenvalue weighted by Crippen LogP contribution is -2.44. The number of nitrogens with one attached hydrogen (secondary N) is 1.